The zero-order chi connectivity index (χ0) is 10.6. The van der Waals surface area contributed by atoms with E-state index < -0.39 is 0 Å². The van der Waals surface area contributed by atoms with Gasteiger partial charge in [-0.1, -0.05) is 6.07 Å². The molecule has 0 saturated heterocycles. The molecule has 0 saturated carbocycles. The minimum absolute atomic E-state index is 0.130. The fourth-order valence-corrected chi connectivity index (χ4v) is 2.00. The molecular formula is C11H11FIN. The largest absolute Gasteiger partial charge is 0.323 e. The zero-order valence-corrected chi connectivity index (χ0v) is 10.0. The van der Waals surface area contributed by atoms with Crippen LogP contribution in [0.5, 0.6) is 0 Å². The van der Waals surface area contributed by atoms with Crippen LogP contribution in [-0.4, -0.2) is 0 Å². The van der Waals surface area contributed by atoms with E-state index in [1.807, 2.05) is 0 Å². The molecule has 0 aliphatic heterocycles. The van der Waals surface area contributed by atoms with E-state index in [2.05, 4.69) is 34.4 Å². The summed E-state index contributed by atoms with van der Waals surface area (Å²) < 4.78 is 13.6. The van der Waals surface area contributed by atoms with Crippen LogP contribution in [0, 0.1) is 21.2 Å². The second-order valence-corrected chi connectivity index (χ2v) is 4.07. The average molecular weight is 303 g/mol. The Balaban J connectivity index is 2.88. The van der Waals surface area contributed by atoms with Gasteiger partial charge in [-0.05, 0) is 47.2 Å². The maximum absolute atomic E-state index is 12.8. The maximum atomic E-state index is 12.8. The summed E-state index contributed by atoms with van der Waals surface area (Å²) in [6.45, 7) is 1.78. The third-order valence-corrected chi connectivity index (χ3v) is 2.79. The Kier molecular flexibility index (Phi) is 4.36. The van der Waals surface area contributed by atoms with Crippen LogP contribution < -0.4 is 5.73 Å². The van der Waals surface area contributed by atoms with Gasteiger partial charge in [0.25, 0.3) is 0 Å². The molecule has 1 rings (SSSR count). The molecule has 0 radical (unpaired) electrons. The molecule has 0 bridgehead atoms. The summed E-state index contributed by atoms with van der Waals surface area (Å²) in [5.41, 5.74) is 6.86. The highest BCUT2D eigenvalue weighted by molar-refractivity contribution is 14.1. The SMILES string of the molecule is CC#CCC(N)c1ccc(F)cc1I. The second-order valence-electron chi connectivity index (χ2n) is 2.90. The summed E-state index contributed by atoms with van der Waals surface area (Å²) in [5, 5.41) is 0. The molecule has 0 heterocycles. The van der Waals surface area contributed by atoms with Gasteiger partial charge in [0.05, 0.1) is 0 Å². The molecule has 74 valence electrons. The number of halogens is 2. The molecule has 1 unspecified atom stereocenters. The minimum atomic E-state index is -0.230. The van der Waals surface area contributed by atoms with Crippen molar-refractivity contribution in [3.8, 4) is 11.8 Å². The van der Waals surface area contributed by atoms with E-state index in [-0.39, 0.29) is 11.9 Å². The predicted molar refractivity (Wildman–Crippen MR) is 64.1 cm³/mol. The van der Waals surface area contributed by atoms with Crippen molar-refractivity contribution in [1.29, 1.82) is 0 Å². The van der Waals surface area contributed by atoms with Crippen LogP contribution in [0.15, 0.2) is 18.2 Å². The Hall–Kier alpha value is -0.600. The summed E-state index contributed by atoms with van der Waals surface area (Å²) in [6, 6.07) is 4.50. The van der Waals surface area contributed by atoms with Gasteiger partial charge in [-0.25, -0.2) is 4.39 Å². The van der Waals surface area contributed by atoms with Gasteiger partial charge >= 0.3 is 0 Å². The first-order valence-corrected chi connectivity index (χ1v) is 5.33. The highest BCUT2D eigenvalue weighted by Crippen LogP contribution is 2.21. The smallest absolute Gasteiger partial charge is 0.124 e. The Bertz CT molecular complexity index is 379. The summed E-state index contributed by atoms with van der Waals surface area (Å²) in [4.78, 5) is 0. The fourth-order valence-electron chi connectivity index (χ4n) is 1.12. The Morgan fingerprint density at radius 2 is 2.29 bits per heavy atom. The molecule has 0 aliphatic carbocycles. The summed E-state index contributed by atoms with van der Waals surface area (Å²) in [6.07, 6.45) is 0.609. The van der Waals surface area contributed by atoms with Crippen LogP contribution in [0.1, 0.15) is 24.9 Å². The molecule has 1 aromatic rings. The van der Waals surface area contributed by atoms with E-state index in [1.54, 1.807) is 13.0 Å². The second kappa shape index (κ2) is 5.32. The lowest BCUT2D eigenvalue weighted by molar-refractivity contribution is 0.623. The molecule has 3 heteroatoms. The van der Waals surface area contributed by atoms with E-state index in [4.69, 9.17) is 5.73 Å². The van der Waals surface area contributed by atoms with Crippen LogP contribution in [0.2, 0.25) is 0 Å². The molecule has 0 aliphatic rings. The number of benzene rings is 1. The van der Waals surface area contributed by atoms with Gasteiger partial charge in [-0.15, -0.1) is 11.8 Å². The highest BCUT2D eigenvalue weighted by Gasteiger charge is 2.08. The molecule has 0 amide bonds. The predicted octanol–water partition coefficient (Wildman–Crippen LogP) is 2.84. The standard InChI is InChI=1S/C11H11FIN/c1-2-3-4-11(14)9-6-5-8(12)7-10(9)13/h5-7,11H,4,14H2,1H3. The lowest BCUT2D eigenvalue weighted by Crippen LogP contribution is -2.11. The monoisotopic (exact) mass is 303 g/mol. The van der Waals surface area contributed by atoms with Crippen molar-refractivity contribution in [1.82, 2.24) is 0 Å². The summed E-state index contributed by atoms with van der Waals surface area (Å²) in [5.74, 6) is 5.48. The third kappa shape index (κ3) is 2.96. The normalized spacial score (nSPS) is 11.7. The Labute approximate surface area is 97.0 Å². The van der Waals surface area contributed by atoms with E-state index in [9.17, 15) is 4.39 Å². The van der Waals surface area contributed by atoms with E-state index in [0.717, 1.165) is 9.13 Å². The maximum Gasteiger partial charge on any atom is 0.124 e. The quantitative estimate of drug-likeness (QED) is 0.660. The van der Waals surface area contributed by atoms with Crippen molar-refractivity contribution >= 4 is 22.6 Å². The third-order valence-electron chi connectivity index (χ3n) is 1.86. The van der Waals surface area contributed by atoms with Crippen molar-refractivity contribution in [3.05, 3.63) is 33.1 Å². The van der Waals surface area contributed by atoms with Gasteiger partial charge in [0.15, 0.2) is 0 Å². The molecule has 1 nitrogen and oxygen atoms in total. The number of hydrogen-bond acceptors (Lipinski definition) is 1. The first-order chi connectivity index (χ1) is 6.65. The summed E-state index contributed by atoms with van der Waals surface area (Å²) in [7, 11) is 0. The van der Waals surface area contributed by atoms with Crippen LogP contribution in [0.25, 0.3) is 0 Å². The zero-order valence-electron chi connectivity index (χ0n) is 7.85. The van der Waals surface area contributed by atoms with E-state index in [0.29, 0.717) is 6.42 Å². The van der Waals surface area contributed by atoms with Crippen molar-refractivity contribution in [2.75, 3.05) is 0 Å². The molecular weight excluding hydrogens is 292 g/mol. The summed E-state index contributed by atoms with van der Waals surface area (Å²) >= 11 is 2.08. The van der Waals surface area contributed by atoms with Crippen molar-refractivity contribution in [2.45, 2.75) is 19.4 Å². The first-order valence-electron chi connectivity index (χ1n) is 4.25. The Morgan fingerprint density at radius 3 is 2.86 bits per heavy atom. The van der Waals surface area contributed by atoms with Gasteiger partial charge in [-0.3, -0.25) is 0 Å². The fraction of sp³-hybridized carbons (Fsp3) is 0.273. The van der Waals surface area contributed by atoms with Gasteiger partial charge < -0.3 is 5.73 Å². The van der Waals surface area contributed by atoms with Gasteiger partial charge in [0, 0.05) is 16.0 Å². The molecule has 1 atom stereocenters. The topological polar surface area (TPSA) is 26.0 Å². The van der Waals surface area contributed by atoms with Crippen LogP contribution in [0.4, 0.5) is 4.39 Å². The molecule has 0 fully saturated rings. The molecule has 0 spiro atoms. The van der Waals surface area contributed by atoms with Gasteiger partial charge in [0.1, 0.15) is 5.82 Å². The van der Waals surface area contributed by atoms with Crippen molar-refractivity contribution < 1.29 is 4.39 Å². The minimum Gasteiger partial charge on any atom is -0.323 e. The first kappa shape index (κ1) is 11.5. The van der Waals surface area contributed by atoms with Gasteiger partial charge in [-0.2, -0.15) is 0 Å². The average Bonchev–Trinajstić information content (AvgIpc) is 2.14. The number of rotatable bonds is 2. The molecule has 2 N–H and O–H groups in total. The van der Waals surface area contributed by atoms with Crippen LogP contribution in [0.3, 0.4) is 0 Å². The lowest BCUT2D eigenvalue weighted by atomic mass is 10.1. The van der Waals surface area contributed by atoms with Gasteiger partial charge in [0.2, 0.25) is 0 Å². The van der Waals surface area contributed by atoms with Crippen LogP contribution >= 0.6 is 22.6 Å². The lowest BCUT2D eigenvalue weighted by Gasteiger charge is -2.10. The molecule has 1 aromatic carbocycles. The van der Waals surface area contributed by atoms with Crippen molar-refractivity contribution in [3.63, 3.8) is 0 Å². The molecule has 0 aromatic heterocycles. The van der Waals surface area contributed by atoms with E-state index >= 15 is 0 Å². The van der Waals surface area contributed by atoms with Crippen LogP contribution in [-0.2, 0) is 0 Å². The Morgan fingerprint density at radius 1 is 1.57 bits per heavy atom. The van der Waals surface area contributed by atoms with E-state index in [1.165, 1.54) is 12.1 Å². The number of nitrogens with two attached hydrogens (primary N) is 1. The highest BCUT2D eigenvalue weighted by atomic mass is 127. The molecule has 14 heavy (non-hydrogen) atoms. The number of hydrogen-bond donors (Lipinski definition) is 1. The van der Waals surface area contributed by atoms with Crippen molar-refractivity contribution in [2.24, 2.45) is 5.73 Å².